The molecule has 1 saturated heterocycles. The summed E-state index contributed by atoms with van der Waals surface area (Å²) in [6, 6.07) is 3.48. The molecular weight excluding hydrogens is 360 g/mol. The quantitative estimate of drug-likeness (QED) is 0.816. The predicted molar refractivity (Wildman–Crippen MR) is 102 cm³/mol. The number of likely N-dealkylation sites (tertiary alicyclic amines) is 1. The molecule has 0 atom stereocenters. The van der Waals surface area contributed by atoms with Crippen LogP contribution in [0.3, 0.4) is 0 Å². The van der Waals surface area contributed by atoms with E-state index in [2.05, 4.69) is 15.5 Å². The molecule has 152 valence electrons. The summed E-state index contributed by atoms with van der Waals surface area (Å²) in [5.41, 5.74) is -0.147. The second-order valence-corrected chi connectivity index (χ2v) is 8.23. The van der Waals surface area contributed by atoms with Gasteiger partial charge in [0.15, 0.2) is 11.6 Å². The molecule has 0 radical (unpaired) electrons. The van der Waals surface area contributed by atoms with Gasteiger partial charge in [-0.1, -0.05) is 25.9 Å². The maximum absolute atomic E-state index is 12.3. The van der Waals surface area contributed by atoms with Gasteiger partial charge in [-0.3, -0.25) is 9.59 Å². The van der Waals surface area contributed by atoms with Crippen LogP contribution >= 0.6 is 0 Å². The summed E-state index contributed by atoms with van der Waals surface area (Å²) in [4.78, 5) is 30.6. The smallest absolute Gasteiger partial charge is 0.289 e. The maximum atomic E-state index is 12.3. The zero-order valence-corrected chi connectivity index (χ0v) is 16.7. The third kappa shape index (κ3) is 5.21. The predicted octanol–water partition coefficient (Wildman–Crippen LogP) is 2.70. The van der Waals surface area contributed by atoms with Crippen molar-refractivity contribution in [2.45, 2.75) is 64.3 Å². The first-order chi connectivity index (χ1) is 13.3. The Morgan fingerprint density at radius 3 is 2.64 bits per heavy atom. The molecule has 28 heavy (non-hydrogen) atoms. The van der Waals surface area contributed by atoms with Gasteiger partial charge in [-0.2, -0.15) is 4.98 Å². The number of aryl methyl sites for hydroxylation is 1. The van der Waals surface area contributed by atoms with Crippen molar-refractivity contribution in [3.63, 3.8) is 0 Å². The molecule has 0 aliphatic carbocycles. The van der Waals surface area contributed by atoms with E-state index >= 15 is 0 Å². The van der Waals surface area contributed by atoms with Gasteiger partial charge in [-0.05, 0) is 31.4 Å². The van der Waals surface area contributed by atoms with E-state index in [9.17, 15) is 9.59 Å². The number of nitrogens with one attached hydrogen (secondary N) is 1. The Kier molecular flexibility index (Phi) is 6.16. The SMILES string of the molecule is CC(C)(C)c1noc(CCCC(=O)NC2CCN(C(=O)c3ccco3)CC2)n1. The van der Waals surface area contributed by atoms with E-state index in [1.54, 1.807) is 17.0 Å². The van der Waals surface area contributed by atoms with Crippen LogP contribution in [0, 0.1) is 0 Å². The molecule has 1 N–H and O–H groups in total. The third-order valence-electron chi connectivity index (χ3n) is 4.81. The fourth-order valence-electron chi connectivity index (χ4n) is 3.14. The van der Waals surface area contributed by atoms with Gasteiger partial charge < -0.3 is 19.2 Å². The van der Waals surface area contributed by atoms with Crippen molar-refractivity contribution < 1.29 is 18.5 Å². The summed E-state index contributed by atoms with van der Waals surface area (Å²) in [6.07, 6.45) is 4.66. The Balaban J connectivity index is 1.36. The highest BCUT2D eigenvalue weighted by Gasteiger charge is 2.26. The minimum absolute atomic E-state index is 0.0198. The van der Waals surface area contributed by atoms with E-state index < -0.39 is 0 Å². The van der Waals surface area contributed by atoms with Crippen molar-refractivity contribution in [2.24, 2.45) is 0 Å². The van der Waals surface area contributed by atoms with Gasteiger partial charge in [-0.15, -0.1) is 0 Å². The van der Waals surface area contributed by atoms with Crippen molar-refractivity contribution in [3.05, 3.63) is 35.9 Å². The second kappa shape index (κ2) is 8.58. The Hall–Kier alpha value is -2.64. The zero-order chi connectivity index (χ0) is 20.1. The highest BCUT2D eigenvalue weighted by molar-refractivity contribution is 5.91. The van der Waals surface area contributed by atoms with Crippen molar-refractivity contribution >= 4 is 11.8 Å². The molecule has 3 rings (SSSR count). The molecule has 0 aromatic carbocycles. The van der Waals surface area contributed by atoms with Crippen molar-refractivity contribution in [2.75, 3.05) is 13.1 Å². The van der Waals surface area contributed by atoms with Gasteiger partial charge in [0.05, 0.1) is 6.26 Å². The van der Waals surface area contributed by atoms with E-state index in [0.717, 1.165) is 12.8 Å². The molecule has 2 amide bonds. The molecule has 1 fully saturated rings. The Bertz CT molecular complexity index is 783. The van der Waals surface area contributed by atoms with Crippen molar-refractivity contribution in [3.8, 4) is 0 Å². The summed E-state index contributed by atoms with van der Waals surface area (Å²) in [6.45, 7) is 7.32. The number of hydrogen-bond acceptors (Lipinski definition) is 6. The van der Waals surface area contributed by atoms with E-state index in [0.29, 0.717) is 49.8 Å². The maximum Gasteiger partial charge on any atom is 0.289 e. The van der Waals surface area contributed by atoms with Crippen molar-refractivity contribution in [1.29, 1.82) is 0 Å². The normalized spacial score (nSPS) is 15.6. The lowest BCUT2D eigenvalue weighted by Gasteiger charge is -2.31. The summed E-state index contributed by atoms with van der Waals surface area (Å²) in [7, 11) is 0. The lowest BCUT2D eigenvalue weighted by molar-refractivity contribution is -0.122. The third-order valence-corrected chi connectivity index (χ3v) is 4.81. The van der Waals surface area contributed by atoms with Crippen LogP contribution in [0.25, 0.3) is 0 Å². The Morgan fingerprint density at radius 2 is 2.04 bits per heavy atom. The Morgan fingerprint density at radius 1 is 1.29 bits per heavy atom. The molecule has 0 saturated carbocycles. The average molecular weight is 388 g/mol. The minimum atomic E-state index is -0.147. The van der Waals surface area contributed by atoms with Gasteiger partial charge >= 0.3 is 0 Å². The fraction of sp³-hybridized carbons (Fsp3) is 0.600. The molecule has 2 aromatic heterocycles. The number of rotatable bonds is 6. The summed E-state index contributed by atoms with van der Waals surface area (Å²) in [5, 5.41) is 7.05. The lowest BCUT2D eigenvalue weighted by atomic mass is 9.96. The van der Waals surface area contributed by atoms with E-state index in [1.165, 1.54) is 6.26 Å². The number of carbonyl (C=O) groups excluding carboxylic acids is 2. The highest BCUT2D eigenvalue weighted by atomic mass is 16.5. The van der Waals surface area contributed by atoms with Crippen LogP contribution in [0.1, 0.15) is 68.7 Å². The van der Waals surface area contributed by atoms with Crippen molar-refractivity contribution in [1.82, 2.24) is 20.4 Å². The Labute approximate surface area is 164 Å². The standard InChI is InChI=1S/C20H28N4O4/c1-20(2,3)19-22-17(28-23-19)8-4-7-16(25)21-14-9-11-24(12-10-14)18(26)15-6-5-13-27-15/h5-6,13-14H,4,7-12H2,1-3H3,(H,21,25). The zero-order valence-electron chi connectivity index (χ0n) is 16.7. The number of nitrogens with zero attached hydrogens (tertiary/aromatic N) is 3. The molecule has 2 aromatic rings. The van der Waals surface area contributed by atoms with Crippen LogP contribution in [-0.2, 0) is 16.6 Å². The van der Waals surface area contributed by atoms with Crippen LogP contribution in [0.15, 0.2) is 27.3 Å². The molecular formula is C20H28N4O4. The van der Waals surface area contributed by atoms with Gasteiger partial charge in [0.25, 0.3) is 5.91 Å². The van der Waals surface area contributed by atoms with Crippen LogP contribution in [0.2, 0.25) is 0 Å². The number of aromatic nitrogens is 2. The van der Waals surface area contributed by atoms with E-state index in [-0.39, 0.29) is 23.3 Å². The van der Waals surface area contributed by atoms with Crippen LogP contribution < -0.4 is 5.32 Å². The van der Waals surface area contributed by atoms with Gasteiger partial charge in [-0.25, -0.2) is 0 Å². The average Bonchev–Trinajstić information content (AvgIpc) is 3.33. The molecule has 8 heteroatoms. The first-order valence-electron chi connectivity index (χ1n) is 9.78. The largest absolute Gasteiger partial charge is 0.459 e. The highest BCUT2D eigenvalue weighted by Crippen LogP contribution is 2.19. The molecule has 1 aliphatic heterocycles. The number of piperidine rings is 1. The summed E-state index contributed by atoms with van der Waals surface area (Å²) < 4.78 is 10.4. The molecule has 0 spiro atoms. The number of furan rings is 1. The lowest BCUT2D eigenvalue weighted by Crippen LogP contribution is -2.46. The number of amides is 2. The van der Waals surface area contributed by atoms with E-state index in [4.69, 9.17) is 8.94 Å². The van der Waals surface area contributed by atoms with Gasteiger partial charge in [0.1, 0.15) is 0 Å². The summed E-state index contributed by atoms with van der Waals surface area (Å²) >= 11 is 0. The van der Waals surface area contributed by atoms with Crippen LogP contribution in [0.4, 0.5) is 0 Å². The summed E-state index contributed by atoms with van der Waals surface area (Å²) in [5.74, 6) is 1.54. The van der Waals surface area contributed by atoms with E-state index in [1.807, 2.05) is 20.8 Å². The monoisotopic (exact) mass is 388 g/mol. The minimum Gasteiger partial charge on any atom is -0.459 e. The van der Waals surface area contributed by atoms with Crippen LogP contribution in [0.5, 0.6) is 0 Å². The molecule has 8 nitrogen and oxygen atoms in total. The number of carbonyl (C=O) groups is 2. The van der Waals surface area contributed by atoms with Gasteiger partial charge in [0.2, 0.25) is 11.8 Å². The second-order valence-electron chi connectivity index (χ2n) is 8.23. The topological polar surface area (TPSA) is 101 Å². The fourth-order valence-corrected chi connectivity index (χ4v) is 3.14. The molecule has 1 aliphatic rings. The van der Waals surface area contributed by atoms with Gasteiger partial charge in [0, 0.05) is 37.4 Å². The number of hydrogen-bond donors (Lipinski definition) is 1. The molecule has 0 unspecified atom stereocenters. The first-order valence-corrected chi connectivity index (χ1v) is 9.78. The molecule has 3 heterocycles. The first kappa shape index (κ1) is 20.1. The van der Waals surface area contributed by atoms with Crippen LogP contribution in [-0.4, -0.2) is 46.0 Å². The molecule has 0 bridgehead atoms.